The molecule has 5 rings (SSSR count). The number of nitrogens with one attached hydrogen (secondary N) is 1. The highest BCUT2D eigenvalue weighted by Gasteiger charge is 2.24. The molecule has 0 aliphatic heterocycles. The zero-order chi connectivity index (χ0) is 25.6. The van der Waals surface area contributed by atoms with Gasteiger partial charge in [0.25, 0.3) is 0 Å². The molecule has 0 aromatic heterocycles. The van der Waals surface area contributed by atoms with E-state index in [0.717, 1.165) is 28.3 Å². The average Bonchev–Trinajstić information content (AvgIpc) is 3.65. The molecular formula is C33H35NO3. The summed E-state index contributed by atoms with van der Waals surface area (Å²) in [4.78, 5) is 24.6. The Kier molecular flexibility index (Phi) is 7.84. The fourth-order valence-corrected chi connectivity index (χ4v) is 5.41. The first-order valence-electron chi connectivity index (χ1n) is 13.5. The Hall–Kier alpha value is -3.66. The largest absolute Gasteiger partial charge is 0.481 e. The van der Waals surface area contributed by atoms with Crippen LogP contribution in [-0.2, 0) is 11.2 Å². The second-order valence-corrected chi connectivity index (χ2v) is 10.6. The number of hydrogen-bond acceptors (Lipinski definition) is 3. The zero-order valence-electron chi connectivity index (χ0n) is 21.3. The summed E-state index contributed by atoms with van der Waals surface area (Å²) in [5.41, 5.74) is 7.76. The van der Waals surface area contributed by atoms with Gasteiger partial charge in [-0.15, -0.1) is 0 Å². The number of rotatable bonds is 11. The molecule has 0 saturated heterocycles. The van der Waals surface area contributed by atoms with Crippen LogP contribution in [0.2, 0.25) is 0 Å². The van der Waals surface area contributed by atoms with Crippen LogP contribution in [0.3, 0.4) is 0 Å². The van der Waals surface area contributed by atoms with Crippen LogP contribution in [0.15, 0.2) is 90.1 Å². The van der Waals surface area contributed by atoms with Gasteiger partial charge >= 0.3 is 5.97 Å². The predicted molar refractivity (Wildman–Crippen MR) is 149 cm³/mol. The lowest BCUT2D eigenvalue weighted by molar-refractivity contribution is -0.141. The first-order valence-corrected chi connectivity index (χ1v) is 13.5. The summed E-state index contributed by atoms with van der Waals surface area (Å²) in [6.45, 7) is 0. The molecule has 1 atom stereocenters. The molecule has 2 aliphatic rings. The van der Waals surface area contributed by atoms with E-state index in [0.29, 0.717) is 12.0 Å². The maximum atomic E-state index is 12.9. The third-order valence-electron chi connectivity index (χ3n) is 7.72. The van der Waals surface area contributed by atoms with Crippen molar-refractivity contribution in [2.24, 2.45) is 11.8 Å². The highest BCUT2D eigenvalue weighted by atomic mass is 16.4. The van der Waals surface area contributed by atoms with Crippen LogP contribution in [0, 0.1) is 11.8 Å². The molecule has 4 heteroatoms. The molecule has 4 nitrogen and oxygen atoms in total. The van der Waals surface area contributed by atoms with Crippen molar-refractivity contribution in [3.63, 3.8) is 0 Å². The van der Waals surface area contributed by atoms with Crippen LogP contribution in [0.5, 0.6) is 0 Å². The summed E-state index contributed by atoms with van der Waals surface area (Å²) in [5, 5.41) is 13.3. The van der Waals surface area contributed by atoms with E-state index in [1.165, 1.54) is 50.6 Å². The summed E-state index contributed by atoms with van der Waals surface area (Å²) < 4.78 is 0. The average molecular weight is 494 g/mol. The molecule has 2 N–H and O–H groups in total. The van der Waals surface area contributed by atoms with Crippen LogP contribution in [0.25, 0.3) is 11.1 Å². The molecule has 2 saturated carbocycles. The fourth-order valence-electron chi connectivity index (χ4n) is 5.41. The van der Waals surface area contributed by atoms with Crippen LogP contribution in [0.1, 0.15) is 67.3 Å². The Balaban J connectivity index is 1.20. The number of benzene rings is 3. The summed E-state index contributed by atoms with van der Waals surface area (Å²) in [7, 11) is 0. The van der Waals surface area contributed by atoms with E-state index in [1.807, 2.05) is 54.6 Å². The number of aliphatic carboxylic acids is 1. The number of Topliss-reactive ketones (excluding diaryl/α,β-unsaturated/α-hetero) is 1. The first-order chi connectivity index (χ1) is 18.0. The van der Waals surface area contributed by atoms with E-state index in [2.05, 4.69) is 29.6 Å². The Morgan fingerprint density at radius 2 is 1.46 bits per heavy atom. The summed E-state index contributed by atoms with van der Waals surface area (Å²) in [6, 6.07) is 25.5. The maximum Gasteiger partial charge on any atom is 0.307 e. The minimum Gasteiger partial charge on any atom is -0.481 e. The minimum absolute atomic E-state index is 0.0113. The van der Waals surface area contributed by atoms with Gasteiger partial charge in [-0.3, -0.25) is 9.59 Å². The number of anilines is 1. The third kappa shape index (κ3) is 6.76. The van der Waals surface area contributed by atoms with E-state index >= 15 is 0 Å². The van der Waals surface area contributed by atoms with Crippen LogP contribution < -0.4 is 5.32 Å². The zero-order valence-corrected chi connectivity index (χ0v) is 21.3. The molecule has 37 heavy (non-hydrogen) atoms. The second-order valence-electron chi connectivity index (χ2n) is 10.6. The highest BCUT2D eigenvalue weighted by molar-refractivity contribution is 5.98. The van der Waals surface area contributed by atoms with E-state index in [-0.39, 0.29) is 12.2 Å². The Morgan fingerprint density at radius 3 is 2.05 bits per heavy atom. The lowest BCUT2D eigenvalue weighted by Gasteiger charge is -2.16. The van der Waals surface area contributed by atoms with Gasteiger partial charge in [-0.25, -0.2) is 0 Å². The molecule has 1 unspecified atom stereocenters. The second kappa shape index (κ2) is 11.6. The van der Waals surface area contributed by atoms with E-state index < -0.39 is 11.9 Å². The van der Waals surface area contributed by atoms with Gasteiger partial charge in [-0.05, 0) is 60.4 Å². The SMILES string of the molecule is O=C(CC(Cc1ccccc1)C(=O)O)c1ccc(-c2ccc(NC(CC3CCCC3)=C3CC3)cc2)cc1. The van der Waals surface area contributed by atoms with Gasteiger partial charge in [-0.1, -0.05) is 98.0 Å². The molecule has 3 aromatic carbocycles. The summed E-state index contributed by atoms with van der Waals surface area (Å²) in [6.07, 6.45) is 9.46. The van der Waals surface area contributed by atoms with Crippen molar-refractivity contribution >= 4 is 17.4 Å². The predicted octanol–water partition coefficient (Wildman–Crippen LogP) is 7.91. The smallest absolute Gasteiger partial charge is 0.307 e. The normalized spacial score (nSPS) is 15.8. The molecule has 0 spiro atoms. The molecule has 3 aromatic rings. The minimum atomic E-state index is -0.939. The molecule has 2 fully saturated rings. The first kappa shape index (κ1) is 25.0. The molecule has 0 bridgehead atoms. The number of carbonyl (C=O) groups is 2. The Labute approximate surface area is 219 Å². The van der Waals surface area contributed by atoms with E-state index in [4.69, 9.17) is 0 Å². The van der Waals surface area contributed by atoms with Crippen LogP contribution in [-0.4, -0.2) is 16.9 Å². The van der Waals surface area contributed by atoms with Crippen molar-refractivity contribution in [3.8, 4) is 11.1 Å². The quantitative estimate of drug-likeness (QED) is 0.266. The van der Waals surface area contributed by atoms with Crippen LogP contribution in [0.4, 0.5) is 5.69 Å². The topological polar surface area (TPSA) is 66.4 Å². The number of carboxylic acid groups (broad SMARTS) is 1. The lowest BCUT2D eigenvalue weighted by atomic mass is 9.91. The number of carbonyl (C=O) groups excluding carboxylic acids is 1. The Morgan fingerprint density at radius 1 is 0.838 bits per heavy atom. The molecule has 0 amide bonds. The van der Waals surface area contributed by atoms with Gasteiger partial charge in [-0.2, -0.15) is 0 Å². The van der Waals surface area contributed by atoms with Crippen LogP contribution >= 0.6 is 0 Å². The molecule has 0 heterocycles. The number of ketones is 1. The highest BCUT2D eigenvalue weighted by Crippen LogP contribution is 2.38. The summed E-state index contributed by atoms with van der Waals surface area (Å²) in [5.74, 6) is -0.984. The monoisotopic (exact) mass is 493 g/mol. The van der Waals surface area contributed by atoms with Gasteiger partial charge in [0.05, 0.1) is 5.92 Å². The van der Waals surface area contributed by atoms with Crippen molar-refractivity contribution in [1.29, 1.82) is 0 Å². The molecule has 2 aliphatic carbocycles. The summed E-state index contributed by atoms with van der Waals surface area (Å²) >= 11 is 0. The van der Waals surface area contributed by atoms with Crippen molar-refractivity contribution in [2.75, 3.05) is 5.32 Å². The standard InChI is InChI=1S/C33H35NO3/c35-32(22-29(33(36)37)20-23-6-2-1-3-7-23)28-14-10-25(11-15-28)26-16-18-30(19-17-26)34-31(27-12-13-27)21-24-8-4-5-9-24/h1-3,6-7,10-11,14-19,24,29,34H,4-5,8-9,12-13,20-22H2,(H,36,37). The molecule has 190 valence electrons. The van der Waals surface area contributed by atoms with Gasteiger partial charge < -0.3 is 10.4 Å². The van der Waals surface area contributed by atoms with Crippen molar-refractivity contribution in [2.45, 2.75) is 57.8 Å². The number of carboxylic acids is 1. The van der Waals surface area contributed by atoms with Crippen molar-refractivity contribution in [3.05, 3.63) is 101 Å². The Bertz CT molecular complexity index is 1250. The van der Waals surface area contributed by atoms with Crippen molar-refractivity contribution < 1.29 is 14.7 Å². The van der Waals surface area contributed by atoms with Gasteiger partial charge in [0.2, 0.25) is 0 Å². The molecule has 0 radical (unpaired) electrons. The number of allylic oxidation sites excluding steroid dienone is 2. The lowest BCUT2D eigenvalue weighted by Crippen LogP contribution is -2.20. The van der Waals surface area contributed by atoms with Gasteiger partial charge in [0, 0.05) is 23.4 Å². The third-order valence-corrected chi connectivity index (χ3v) is 7.72. The van der Waals surface area contributed by atoms with Crippen molar-refractivity contribution in [1.82, 2.24) is 0 Å². The van der Waals surface area contributed by atoms with Gasteiger partial charge in [0.1, 0.15) is 0 Å². The number of hydrogen-bond donors (Lipinski definition) is 2. The fraction of sp³-hybridized carbons (Fsp3) is 0.333. The molecular weight excluding hydrogens is 458 g/mol. The van der Waals surface area contributed by atoms with Gasteiger partial charge in [0.15, 0.2) is 5.78 Å². The van der Waals surface area contributed by atoms with E-state index in [1.54, 1.807) is 5.57 Å². The van der Waals surface area contributed by atoms with E-state index in [9.17, 15) is 14.7 Å². The maximum absolute atomic E-state index is 12.9.